The predicted molar refractivity (Wildman–Crippen MR) is 170 cm³/mol. The lowest BCUT2D eigenvalue weighted by Gasteiger charge is -2.32. The Morgan fingerprint density at radius 3 is 2.62 bits per heavy atom. The molecular weight excluding hydrogens is 603 g/mol. The van der Waals surface area contributed by atoms with Gasteiger partial charge in [0.05, 0.1) is 5.69 Å². The number of hydrogen-bond acceptors (Lipinski definition) is 9. The minimum atomic E-state index is -1.21. The molecule has 4 bridgehead atoms. The van der Waals surface area contributed by atoms with E-state index in [4.69, 9.17) is 23.5 Å². The topological polar surface area (TPSA) is 140 Å². The number of benzene rings is 2. The van der Waals surface area contributed by atoms with Crippen molar-refractivity contribution in [3.05, 3.63) is 82.5 Å². The van der Waals surface area contributed by atoms with Crippen LogP contribution in [-0.2, 0) is 27.8 Å². The lowest BCUT2D eigenvalue weighted by atomic mass is 9.72. The van der Waals surface area contributed by atoms with E-state index in [-0.39, 0.29) is 36.4 Å². The van der Waals surface area contributed by atoms with Gasteiger partial charge in [0.1, 0.15) is 35.4 Å². The number of nitrogens with one attached hydrogen (secondary N) is 2. The Hall–Kier alpha value is -4.51. The number of amides is 1. The maximum Gasteiger partial charge on any atom is 0.249 e. The van der Waals surface area contributed by atoms with Crippen molar-refractivity contribution in [1.29, 1.82) is 0 Å². The van der Waals surface area contributed by atoms with E-state index in [1.807, 2.05) is 45.9 Å². The number of halogens is 1. The van der Waals surface area contributed by atoms with Crippen LogP contribution in [0.1, 0.15) is 88.0 Å². The van der Waals surface area contributed by atoms with Gasteiger partial charge in [-0.1, -0.05) is 53.7 Å². The summed E-state index contributed by atoms with van der Waals surface area (Å²) >= 11 is 0. The van der Waals surface area contributed by atoms with Gasteiger partial charge in [0.25, 0.3) is 0 Å². The summed E-state index contributed by atoms with van der Waals surface area (Å²) in [5.41, 5.74) is 1.97. The van der Waals surface area contributed by atoms with E-state index >= 15 is 4.39 Å². The van der Waals surface area contributed by atoms with Gasteiger partial charge < -0.3 is 29.3 Å². The highest BCUT2D eigenvalue weighted by atomic mass is 19.1. The van der Waals surface area contributed by atoms with Crippen molar-refractivity contribution in [3.63, 3.8) is 0 Å². The number of aliphatic hydroxyl groups is 1. The smallest absolute Gasteiger partial charge is 0.249 e. The molecule has 1 unspecified atom stereocenters. The van der Waals surface area contributed by atoms with Gasteiger partial charge in [0.2, 0.25) is 17.7 Å². The number of aryl methyl sites for hydroxylation is 1. The number of aromatic nitrogens is 2. The van der Waals surface area contributed by atoms with Gasteiger partial charge >= 0.3 is 0 Å². The van der Waals surface area contributed by atoms with Crippen molar-refractivity contribution in [3.8, 4) is 17.3 Å². The van der Waals surface area contributed by atoms with Crippen LogP contribution in [0.5, 0.6) is 5.75 Å². The Balaban J connectivity index is 1.51. The molecular formula is C36H39FN4O6. The van der Waals surface area contributed by atoms with Gasteiger partial charge in [-0.25, -0.2) is 14.4 Å². The summed E-state index contributed by atoms with van der Waals surface area (Å²) in [6.45, 7) is 11.4. The normalized spacial score (nSPS) is 23.6. The molecule has 0 saturated carbocycles. The molecule has 7 rings (SSSR count). The van der Waals surface area contributed by atoms with Crippen LogP contribution in [0.3, 0.4) is 0 Å². The second-order valence-corrected chi connectivity index (χ2v) is 14.3. The zero-order valence-electron chi connectivity index (χ0n) is 27.3. The number of aliphatic hydroxyl groups excluding tert-OH is 1. The fourth-order valence-electron chi connectivity index (χ4n) is 7.01. The number of nitrogens with zero attached hydrogens (tertiary/aromatic N) is 2. The van der Waals surface area contributed by atoms with Crippen LogP contribution in [-0.4, -0.2) is 39.1 Å². The number of oxazole rings is 2. The third-order valence-corrected chi connectivity index (χ3v) is 9.58. The zero-order chi connectivity index (χ0) is 33.4. The number of rotatable bonds is 6. The number of carbonyl (C=O) groups is 2. The highest BCUT2D eigenvalue weighted by Gasteiger charge is 2.61. The molecule has 246 valence electrons. The molecule has 3 N–H and O–H groups in total. The molecule has 5 atom stereocenters. The monoisotopic (exact) mass is 642 g/mol. The van der Waals surface area contributed by atoms with Crippen LogP contribution in [0.4, 0.5) is 10.1 Å². The van der Waals surface area contributed by atoms with Crippen LogP contribution in [0.15, 0.2) is 51.5 Å². The third kappa shape index (κ3) is 4.94. The molecule has 3 aliphatic heterocycles. The van der Waals surface area contributed by atoms with E-state index in [1.54, 1.807) is 26.2 Å². The molecule has 2 aromatic heterocycles. The molecule has 0 radical (unpaired) electrons. The minimum absolute atomic E-state index is 0.156. The van der Waals surface area contributed by atoms with E-state index in [0.717, 1.165) is 11.3 Å². The average molecular weight is 643 g/mol. The van der Waals surface area contributed by atoms with Crippen LogP contribution in [0.2, 0.25) is 0 Å². The van der Waals surface area contributed by atoms with Crippen molar-refractivity contribution in [1.82, 2.24) is 15.3 Å². The van der Waals surface area contributed by atoms with Crippen molar-refractivity contribution >= 4 is 17.4 Å². The Labute approximate surface area is 272 Å². The van der Waals surface area contributed by atoms with Gasteiger partial charge in [0.15, 0.2) is 23.5 Å². The summed E-state index contributed by atoms with van der Waals surface area (Å²) in [7, 11) is 0. The number of ketones is 1. The minimum Gasteiger partial charge on any atom is -0.469 e. The van der Waals surface area contributed by atoms with E-state index in [1.165, 1.54) is 12.1 Å². The second-order valence-electron chi connectivity index (χ2n) is 14.3. The second kappa shape index (κ2) is 11.0. The van der Waals surface area contributed by atoms with E-state index in [9.17, 15) is 14.7 Å². The molecule has 0 aliphatic carbocycles. The summed E-state index contributed by atoms with van der Waals surface area (Å²) in [4.78, 5) is 37.0. The van der Waals surface area contributed by atoms with Crippen molar-refractivity contribution in [2.75, 3.05) is 5.32 Å². The van der Waals surface area contributed by atoms with Gasteiger partial charge in [0, 0.05) is 29.2 Å². The van der Waals surface area contributed by atoms with Crippen molar-refractivity contribution < 1.29 is 32.7 Å². The van der Waals surface area contributed by atoms with Crippen molar-refractivity contribution in [2.45, 2.75) is 84.6 Å². The quantitative estimate of drug-likeness (QED) is 0.236. The maximum atomic E-state index is 15.1. The third-order valence-electron chi connectivity index (χ3n) is 9.58. The lowest BCUT2D eigenvalue weighted by molar-refractivity contribution is -0.135. The van der Waals surface area contributed by atoms with Gasteiger partial charge in [-0.05, 0) is 54.0 Å². The Morgan fingerprint density at radius 2 is 1.91 bits per heavy atom. The first kappa shape index (κ1) is 31.1. The molecule has 5 heterocycles. The van der Waals surface area contributed by atoms with Gasteiger partial charge in [-0.2, -0.15) is 0 Å². The number of ether oxygens (including phenoxy) is 1. The van der Waals surface area contributed by atoms with Crippen LogP contribution in [0.25, 0.3) is 11.6 Å². The largest absolute Gasteiger partial charge is 0.469 e. The molecule has 10 nitrogen and oxygen atoms in total. The number of carbonyl (C=O) groups excluding carboxylic acids is 2. The van der Waals surface area contributed by atoms with E-state index in [2.05, 4.69) is 10.6 Å². The van der Waals surface area contributed by atoms with E-state index in [0.29, 0.717) is 40.4 Å². The molecule has 11 heteroatoms. The SMILES string of the molecule is CCc1coc(-c2nc3oc2C24c5cc(F)ccc5N[C@H]2Oc2ccc(cc24)C[C@H](CC(=O)[C@@H](O)C(C)C)C(=O)N[C@H]3C(C)(C)C)n1. The number of anilines is 1. The molecule has 1 spiro atoms. The number of fused-ring (bicyclic) bond motifs is 4. The first-order valence-corrected chi connectivity index (χ1v) is 16.1. The summed E-state index contributed by atoms with van der Waals surface area (Å²) in [6, 6.07) is 9.43. The fourth-order valence-corrected chi connectivity index (χ4v) is 7.01. The van der Waals surface area contributed by atoms with Gasteiger partial charge in [-0.15, -0.1) is 0 Å². The number of hydrogen-bond donors (Lipinski definition) is 3. The standard InChI is InChI=1S/C36H39FN4O6/c1-7-21-16-45-32(38-21)27-30-36-22-15-20(37)9-10-24(22)39-34(36)46-26-11-8-18(13-23(26)36)12-19(14-25(42)28(43)17(2)3)31(44)41-29(35(4,5)6)33(40-27)47-30/h8-11,13,15-17,19,28-29,34,39,43H,7,12,14H2,1-6H3,(H,41,44)/t19-,28+,29-,34+,36?/m1/s1. The first-order valence-electron chi connectivity index (χ1n) is 16.1. The molecule has 4 aromatic rings. The summed E-state index contributed by atoms with van der Waals surface area (Å²) in [6.07, 6.45) is 0.349. The van der Waals surface area contributed by atoms with Crippen LogP contribution in [0, 0.1) is 23.1 Å². The number of Topliss-reactive ketones (excluding diaryl/α,β-unsaturated/α-hetero) is 1. The van der Waals surface area contributed by atoms with Gasteiger partial charge in [-0.3, -0.25) is 9.59 Å². The zero-order valence-corrected chi connectivity index (χ0v) is 27.3. The summed E-state index contributed by atoms with van der Waals surface area (Å²) in [5.74, 6) is -0.932. The Kier molecular flexibility index (Phi) is 7.31. The average Bonchev–Trinajstić information content (AvgIpc) is 3.79. The summed E-state index contributed by atoms with van der Waals surface area (Å²) < 4.78 is 34.5. The molecule has 1 amide bonds. The Bertz CT molecular complexity index is 1890. The highest BCUT2D eigenvalue weighted by molar-refractivity contribution is 5.89. The summed E-state index contributed by atoms with van der Waals surface area (Å²) in [5, 5.41) is 17.2. The molecule has 2 aromatic carbocycles. The van der Waals surface area contributed by atoms with Crippen molar-refractivity contribution in [2.24, 2.45) is 17.3 Å². The fraction of sp³-hybridized carbons (Fsp3) is 0.444. The van der Waals surface area contributed by atoms with E-state index < -0.39 is 46.7 Å². The molecule has 0 saturated heterocycles. The molecule has 3 aliphatic rings. The maximum absolute atomic E-state index is 15.1. The highest BCUT2D eigenvalue weighted by Crippen LogP contribution is 2.59. The molecule has 0 fully saturated rings. The first-order chi connectivity index (χ1) is 22.3. The molecule has 47 heavy (non-hydrogen) atoms. The van der Waals surface area contributed by atoms with Crippen LogP contribution >= 0.6 is 0 Å². The Morgan fingerprint density at radius 1 is 1.13 bits per heavy atom. The lowest BCUT2D eigenvalue weighted by Crippen LogP contribution is -2.42. The van der Waals surface area contributed by atoms with Crippen LogP contribution < -0.4 is 15.4 Å². The predicted octanol–water partition coefficient (Wildman–Crippen LogP) is 5.86.